The summed E-state index contributed by atoms with van der Waals surface area (Å²) in [5, 5.41) is 0. The van der Waals surface area contributed by atoms with E-state index >= 15 is 0 Å². The van der Waals surface area contributed by atoms with E-state index in [-0.39, 0.29) is 23.4 Å². The fraction of sp³-hybridized carbons (Fsp3) is 0.250. The van der Waals surface area contributed by atoms with Crippen LogP contribution in [0, 0.1) is 5.82 Å². The molecule has 76 valence electrons. The molecule has 0 bridgehead atoms. The van der Waals surface area contributed by atoms with Gasteiger partial charge in [-0.2, -0.15) is 0 Å². The van der Waals surface area contributed by atoms with Gasteiger partial charge >= 0.3 is 0 Å². The monoisotopic (exact) mass is 223 g/mol. The summed E-state index contributed by atoms with van der Waals surface area (Å²) in [6.45, 7) is 0. The van der Waals surface area contributed by atoms with E-state index in [1.807, 2.05) is 0 Å². The second kappa shape index (κ2) is 4.41. The minimum absolute atomic E-state index is 0.101. The number of hydrogen-bond acceptors (Lipinski definition) is 2. The molecule has 0 N–H and O–H groups in total. The fourth-order valence-corrected chi connectivity index (χ4v) is 1.13. The molecule has 0 saturated carbocycles. The third-order valence-electron chi connectivity index (χ3n) is 1.58. The maximum Gasteiger partial charge on any atom is 0.283 e. The van der Waals surface area contributed by atoms with Crippen molar-refractivity contribution in [3.05, 3.63) is 28.8 Å². The summed E-state index contributed by atoms with van der Waals surface area (Å²) in [7, 11) is 0. The summed E-state index contributed by atoms with van der Waals surface area (Å²) in [6, 6.07) is 0.797. The maximum atomic E-state index is 12.9. The highest BCUT2D eigenvalue weighted by molar-refractivity contribution is 6.17. The van der Waals surface area contributed by atoms with Gasteiger partial charge in [-0.25, -0.2) is 18.2 Å². The Hall–Kier alpha value is -1.10. The first-order chi connectivity index (χ1) is 6.60. The number of halogens is 4. The molecule has 0 radical (unpaired) electrons. The lowest BCUT2D eigenvalue weighted by Gasteiger charge is -2.05. The first kappa shape index (κ1) is 11.0. The Morgan fingerprint density at radius 1 is 1.57 bits per heavy atom. The third kappa shape index (κ3) is 2.04. The maximum absolute atomic E-state index is 12.9. The summed E-state index contributed by atoms with van der Waals surface area (Å²) in [6.07, 6.45) is -2.78. The van der Waals surface area contributed by atoms with Gasteiger partial charge in [-0.05, 0) is 11.6 Å². The second-order valence-corrected chi connectivity index (χ2v) is 2.72. The number of aromatic nitrogens is 1. The number of hydrogen-bond donors (Lipinski definition) is 0. The molecule has 0 amide bonds. The number of carbonyl (C=O) groups excluding carboxylic acids is 1. The Balaban J connectivity index is 3.30. The van der Waals surface area contributed by atoms with E-state index in [1.54, 1.807) is 0 Å². The average Bonchev–Trinajstić information content (AvgIpc) is 2.16. The Morgan fingerprint density at radius 3 is 2.64 bits per heavy atom. The van der Waals surface area contributed by atoms with E-state index in [0.29, 0.717) is 0 Å². The lowest BCUT2D eigenvalue weighted by molar-refractivity contribution is 0.111. The molecule has 1 rings (SSSR count). The number of alkyl halides is 3. The van der Waals surface area contributed by atoms with Crippen molar-refractivity contribution >= 4 is 17.9 Å². The summed E-state index contributed by atoms with van der Waals surface area (Å²) >= 11 is 5.36. The Labute approximate surface area is 82.7 Å². The van der Waals surface area contributed by atoms with Gasteiger partial charge in [0.15, 0.2) is 12.1 Å². The highest BCUT2D eigenvalue weighted by atomic mass is 35.5. The van der Waals surface area contributed by atoms with Crippen LogP contribution in [0.25, 0.3) is 0 Å². The Bertz CT molecular complexity index is 357. The molecule has 0 atom stereocenters. The highest BCUT2D eigenvalue weighted by Crippen LogP contribution is 2.22. The van der Waals surface area contributed by atoms with Crippen molar-refractivity contribution in [1.82, 2.24) is 4.98 Å². The molecule has 6 heteroatoms. The zero-order chi connectivity index (χ0) is 10.7. The van der Waals surface area contributed by atoms with Gasteiger partial charge in [-0.1, -0.05) is 0 Å². The number of aldehydes is 1. The van der Waals surface area contributed by atoms with Crippen LogP contribution < -0.4 is 0 Å². The molecule has 0 saturated heterocycles. The van der Waals surface area contributed by atoms with Gasteiger partial charge in [0.2, 0.25) is 0 Å². The van der Waals surface area contributed by atoms with Crippen LogP contribution >= 0.6 is 11.6 Å². The smallest absolute Gasteiger partial charge is 0.283 e. The number of pyridine rings is 1. The molecular formula is C8H5ClF3NO. The molecule has 0 aliphatic carbocycles. The zero-order valence-corrected chi connectivity index (χ0v) is 7.56. The van der Waals surface area contributed by atoms with Crippen LogP contribution in [0.3, 0.4) is 0 Å². The van der Waals surface area contributed by atoms with Crippen LogP contribution in [0.2, 0.25) is 0 Å². The van der Waals surface area contributed by atoms with E-state index in [9.17, 15) is 18.0 Å². The largest absolute Gasteiger partial charge is 0.296 e. The molecule has 0 aromatic carbocycles. The number of nitrogens with zero attached hydrogens (tertiary/aromatic N) is 1. The average molecular weight is 224 g/mol. The predicted molar refractivity (Wildman–Crippen MR) is 44.1 cm³/mol. The Kier molecular flexibility index (Phi) is 3.46. The van der Waals surface area contributed by atoms with Crippen molar-refractivity contribution in [2.45, 2.75) is 12.3 Å². The molecule has 0 aliphatic heterocycles. The van der Waals surface area contributed by atoms with Crippen molar-refractivity contribution in [3.8, 4) is 0 Å². The van der Waals surface area contributed by atoms with Crippen molar-refractivity contribution in [1.29, 1.82) is 0 Å². The van der Waals surface area contributed by atoms with E-state index in [2.05, 4.69) is 4.98 Å². The van der Waals surface area contributed by atoms with Crippen LogP contribution in [0.4, 0.5) is 13.2 Å². The van der Waals surface area contributed by atoms with Crippen LogP contribution in [0.1, 0.15) is 28.2 Å². The fourth-order valence-electron chi connectivity index (χ4n) is 0.918. The predicted octanol–water partition coefficient (Wildman–Crippen LogP) is 2.71. The summed E-state index contributed by atoms with van der Waals surface area (Å²) in [5.41, 5.74) is -1.18. The van der Waals surface area contributed by atoms with Gasteiger partial charge in [0.05, 0.1) is 0 Å². The lowest BCUT2D eigenvalue weighted by Crippen LogP contribution is -2.03. The van der Waals surface area contributed by atoms with Crippen LogP contribution in [0.15, 0.2) is 6.07 Å². The van der Waals surface area contributed by atoms with Crippen molar-refractivity contribution < 1.29 is 18.0 Å². The molecule has 0 aliphatic rings. The van der Waals surface area contributed by atoms with Crippen LogP contribution in [0.5, 0.6) is 0 Å². The van der Waals surface area contributed by atoms with E-state index in [0.717, 1.165) is 6.07 Å². The van der Waals surface area contributed by atoms with Crippen LogP contribution in [-0.4, -0.2) is 11.3 Å². The number of rotatable bonds is 3. The first-order valence-corrected chi connectivity index (χ1v) is 4.12. The lowest BCUT2D eigenvalue weighted by atomic mass is 10.2. The molecule has 0 fully saturated rings. The second-order valence-electron chi connectivity index (χ2n) is 2.45. The van der Waals surface area contributed by atoms with E-state index < -0.39 is 17.9 Å². The van der Waals surface area contributed by atoms with E-state index in [4.69, 9.17) is 11.6 Å². The quantitative estimate of drug-likeness (QED) is 0.583. The van der Waals surface area contributed by atoms with Crippen molar-refractivity contribution in [2.75, 3.05) is 0 Å². The third-order valence-corrected chi connectivity index (χ3v) is 1.87. The number of carbonyl (C=O) groups is 1. The van der Waals surface area contributed by atoms with Gasteiger partial charge in [0, 0.05) is 5.88 Å². The summed E-state index contributed by atoms with van der Waals surface area (Å²) in [4.78, 5) is 13.6. The van der Waals surface area contributed by atoms with Crippen molar-refractivity contribution in [3.63, 3.8) is 0 Å². The zero-order valence-electron chi connectivity index (χ0n) is 6.81. The molecule has 14 heavy (non-hydrogen) atoms. The molecule has 0 spiro atoms. The molecule has 2 nitrogen and oxygen atoms in total. The molecular weight excluding hydrogens is 219 g/mol. The topological polar surface area (TPSA) is 30.0 Å². The van der Waals surface area contributed by atoms with Gasteiger partial charge in [0.1, 0.15) is 11.4 Å². The standard InChI is InChI=1S/C8H5ClF3NO/c9-2-4-1-5(10)7(8(11)12)13-6(4)3-14/h1,3,8H,2H2. The minimum Gasteiger partial charge on any atom is -0.296 e. The Morgan fingerprint density at radius 2 is 2.21 bits per heavy atom. The molecule has 1 heterocycles. The highest BCUT2D eigenvalue weighted by Gasteiger charge is 2.18. The minimum atomic E-state index is -3.04. The van der Waals surface area contributed by atoms with Gasteiger partial charge in [-0.3, -0.25) is 4.79 Å². The van der Waals surface area contributed by atoms with Gasteiger partial charge < -0.3 is 0 Å². The molecule has 0 unspecified atom stereocenters. The molecule has 1 aromatic rings. The normalized spacial score (nSPS) is 10.6. The van der Waals surface area contributed by atoms with Gasteiger partial charge in [0.25, 0.3) is 6.43 Å². The SMILES string of the molecule is O=Cc1nc(C(F)F)c(F)cc1CCl. The van der Waals surface area contributed by atoms with E-state index in [1.165, 1.54) is 0 Å². The van der Waals surface area contributed by atoms with Crippen LogP contribution in [-0.2, 0) is 5.88 Å². The summed E-state index contributed by atoms with van der Waals surface area (Å²) in [5.74, 6) is -1.30. The molecule has 1 aromatic heterocycles. The van der Waals surface area contributed by atoms with Gasteiger partial charge in [-0.15, -0.1) is 11.6 Å². The first-order valence-electron chi connectivity index (χ1n) is 3.58. The van der Waals surface area contributed by atoms with Crippen molar-refractivity contribution in [2.24, 2.45) is 0 Å². The summed E-state index contributed by atoms with van der Waals surface area (Å²) < 4.78 is 37.1.